The van der Waals surface area contributed by atoms with Crippen LogP contribution >= 0.6 is 11.3 Å². The monoisotopic (exact) mass is 491 g/mol. The molecule has 1 aliphatic rings. The Morgan fingerprint density at radius 1 is 1.03 bits per heavy atom. The summed E-state index contributed by atoms with van der Waals surface area (Å²) in [5, 5.41) is 9.42. The number of esters is 2. The van der Waals surface area contributed by atoms with E-state index in [0.717, 1.165) is 16.8 Å². The van der Waals surface area contributed by atoms with Crippen molar-refractivity contribution in [1.82, 2.24) is 10.3 Å². The fourth-order valence-electron chi connectivity index (χ4n) is 4.70. The zero-order valence-corrected chi connectivity index (χ0v) is 21.2. The molecule has 0 saturated heterocycles. The molecule has 2 heterocycles. The van der Waals surface area contributed by atoms with Crippen LogP contribution < -0.4 is 10.6 Å². The molecule has 182 valence electrons. The number of nitrogens with one attached hydrogen (secondary N) is 2. The van der Waals surface area contributed by atoms with E-state index >= 15 is 0 Å². The average molecular weight is 492 g/mol. The van der Waals surface area contributed by atoms with Gasteiger partial charge >= 0.3 is 11.9 Å². The Labute approximate surface area is 209 Å². The first kappa shape index (κ1) is 24.5. The topological polar surface area (TPSA) is 89.5 Å². The minimum Gasteiger partial charge on any atom is -0.469 e. The highest BCUT2D eigenvalue weighted by Gasteiger charge is 2.52. The van der Waals surface area contributed by atoms with Gasteiger partial charge in [-0.25, -0.2) is 9.78 Å². The Bertz CT molecular complexity index is 1250. The van der Waals surface area contributed by atoms with Crippen LogP contribution in [0.4, 0.5) is 5.13 Å². The van der Waals surface area contributed by atoms with Crippen molar-refractivity contribution in [2.75, 3.05) is 19.5 Å². The van der Waals surface area contributed by atoms with E-state index < -0.39 is 29.4 Å². The lowest BCUT2D eigenvalue weighted by atomic mass is 9.71. The first-order chi connectivity index (χ1) is 16.8. The van der Waals surface area contributed by atoms with Gasteiger partial charge in [0.2, 0.25) is 0 Å². The number of rotatable bonds is 6. The molecular weight excluding hydrogens is 462 g/mol. The molecule has 1 aromatic heterocycles. The van der Waals surface area contributed by atoms with Crippen LogP contribution in [0.2, 0.25) is 0 Å². The molecule has 3 atom stereocenters. The second-order valence-corrected chi connectivity index (χ2v) is 9.63. The molecule has 0 radical (unpaired) electrons. The average Bonchev–Trinajstić information content (AvgIpc) is 3.31. The number of hydrogen-bond donors (Lipinski definition) is 2. The molecule has 4 rings (SSSR count). The maximum atomic E-state index is 13.3. The summed E-state index contributed by atoms with van der Waals surface area (Å²) in [4.78, 5) is 30.9. The first-order valence-corrected chi connectivity index (χ1v) is 12.2. The number of hydrogen-bond acceptors (Lipinski definition) is 8. The van der Waals surface area contributed by atoms with Crippen LogP contribution in [0.3, 0.4) is 0 Å². The van der Waals surface area contributed by atoms with Gasteiger partial charge in [0.1, 0.15) is 11.6 Å². The minimum absolute atomic E-state index is 0.396. The van der Waals surface area contributed by atoms with E-state index in [4.69, 9.17) is 14.5 Å². The van der Waals surface area contributed by atoms with E-state index in [1.165, 1.54) is 31.1 Å². The summed E-state index contributed by atoms with van der Waals surface area (Å²) in [5.74, 6) is -2.33. The Hall–Kier alpha value is -3.65. The van der Waals surface area contributed by atoms with Gasteiger partial charge in [0.15, 0.2) is 5.13 Å². The second kappa shape index (κ2) is 9.92. The third-order valence-electron chi connectivity index (χ3n) is 6.35. The van der Waals surface area contributed by atoms with Crippen molar-refractivity contribution in [3.63, 3.8) is 0 Å². The Kier molecular flexibility index (Phi) is 6.93. The highest BCUT2D eigenvalue weighted by atomic mass is 32.1. The number of aromatic nitrogens is 1. The van der Waals surface area contributed by atoms with Gasteiger partial charge in [-0.05, 0) is 26.3 Å². The Morgan fingerprint density at radius 3 is 2.34 bits per heavy atom. The summed E-state index contributed by atoms with van der Waals surface area (Å²) in [6.07, 6.45) is 0. The maximum Gasteiger partial charge on any atom is 0.336 e. The zero-order valence-electron chi connectivity index (χ0n) is 20.4. The van der Waals surface area contributed by atoms with Crippen LogP contribution in [0.5, 0.6) is 0 Å². The SMILES string of the molecule is COC(=O)C1=C(C)NC(C)(Nc2nc(-c3ccc(C)cc3)cs2)C(C(=O)OC)C1c1ccccc1. The van der Waals surface area contributed by atoms with Gasteiger partial charge in [-0.3, -0.25) is 4.79 Å². The molecule has 0 fully saturated rings. The summed E-state index contributed by atoms with van der Waals surface area (Å²) in [6, 6.07) is 17.6. The summed E-state index contributed by atoms with van der Waals surface area (Å²) in [6.45, 7) is 5.74. The van der Waals surface area contributed by atoms with Gasteiger partial charge in [0.05, 0.1) is 25.5 Å². The molecule has 2 N–H and O–H groups in total. The van der Waals surface area contributed by atoms with Crippen LogP contribution in [0.25, 0.3) is 11.3 Å². The highest BCUT2D eigenvalue weighted by molar-refractivity contribution is 7.14. The van der Waals surface area contributed by atoms with Crippen molar-refractivity contribution in [3.05, 3.63) is 82.4 Å². The van der Waals surface area contributed by atoms with Crippen molar-refractivity contribution < 1.29 is 19.1 Å². The number of ether oxygens (including phenoxy) is 2. The third kappa shape index (κ3) is 4.79. The van der Waals surface area contributed by atoms with Gasteiger partial charge in [0, 0.05) is 22.6 Å². The molecule has 1 aliphatic heterocycles. The first-order valence-electron chi connectivity index (χ1n) is 11.3. The van der Waals surface area contributed by atoms with Gasteiger partial charge in [-0.2, -0.15) is 0 Å². The van der Waals surface area contributed by atoms with Crippen LogP contribution in [0.1, 0.15) is 30.9 Å². The van der Waals surface area contributed by atoms with Gasteiger partial charge in [0.25, 0.3) is 0 Å². The van der Waals surface area contributed by atoms with Crippen molar-refractivity contribution in [1.29, 1.82) is 0 Å². The number of carbonyl (C=O) groups is 2. The molecule has 7 nitrogen and oxygen atoms in total. The predicted octanol–water partition coefficient (Wildman–Crippen LogP) is 4.87. The number of nitrogens with zero attached hydrogens (tertiary/aromatic N) is 1. The Balaban J connectivity index is 1.78. The summed E-state index contributed by atoms with van der Waals surface area (Å²) in [5.41, 5.74) is 3.86. The third-order valence-corrected chi connectivity index (χ3v) is 7.11. The summed E-state index contributed by atoms with van der Waals surface area (Å²) < 4.78 is 10.3. The number of anilines is 1. The van der Waals surface area contributed by atoms with E-state index in [1.54, 1.807) is 0 Å². The second-order valence-electron chi connectivity index (χ2n) is 8.78. The van der Waals surface area contributed by atoms with Crippen molar-refractivity contribution in [2.45, 2.75) is 32.4 Å². The fourth-order valence-corrected chi connectivity index (χ4v) is 5.53. The molecule has 0 amide bonds. The molecule has 3 unspecified atom stereocenters. The number of allylic oxidation sites excluding steroid dienone is 1. The van der Waals surface area contributed by atoms with E-state index in [9.17, 15) is 9.59 Å². The fraction of sp³-hybridized carbons (Fsp3) is 0.296. The van der Waals surface area contributed by atoms with Gasteiger partial charge < -0.3 is 20.1 Å². The smallest absolute Gasteiger partial charge is 0.336 e. The van der Waals surface area contributed by atoms with Gasteiger partial charge in [-0.1, -0.05) is 60.2 Å². The molecule has 3 aromatic rings. The number of thiazole rings is 1. The Morgan fingerprint density at radius 2 is 1.71 bits per heavy atom. The van der Waals surface area contributed by atoms with Crippen molar-refractivity contribution in [2.24, 2.45) is 5.92 Å². The highest BCUT2D eigenvalue weighted by Crippen LogP contribution is 2.45. The molecule has 0 saturated carbocycles. The predicted molar refractivity (Wildman–Crippen MR) is 137 cm³/mol. The number of methoxy groups -OCH3 is 2. The summed E-state index contributed by atoms with van der Waals surface area (Å²) >= 11 is 1.45. The number of aryl methyl sites for hydroxylation is 1. The van der Waals surface area contributed by atoms with Gasteiger partial charge in [-0.15, -0.1) is 11.3 Å². The van der Waals surface area contributed by atoms with Crippen molar-refractivity contribution >= 4 is 28.4 Å². The van der Waals surface area contributed by atoms with Crippen LogP contribution in [0.15, 0.2) is 71.2 Å². The molecule has 35 heavy (non-hydrogen) atoms. The molecule has 0 bridgehead atoms. The summed E-state index contributed by atoms with van der Waals surface area (Å²) in [7, 11) is 2.69. The lowest BCUT2D eigenvalue weighted by molar-refractivity contribution is -0.149. The lowest BCUT2D eigenvalue weighted by Crippen LogP contribution is -2.62. The molecular formula is C27H29N3O4S. The maximum absolute atomic E-state index is 13.3. The van der Waals surface area contributed by atoms with Crippen LogP contribution in [-0.4, -0.2) is 36.8 Å². The minimum atomic E-state index is -1.00. The molecule has 2 aromatic carbocycles. The molecule has 8 heteroatoms. The normalized spacial score (nSPS) is 21.7. The number of carbonyl (C=O) groups excluding carboxylic acids is 2. The largest absolute Gasteiger partial charge is 0.469 e. The molecule has 0 spiro atoms. The van der Waals surface area contributed by atoms with E-state index in [0.29, 0.717) is 16.4 Å². The van der Waals surface area contributed by atoms with E-state index in [2.05, 4.69) is 10.6 Å². The van der Waals surface area contributed by atoms with Crippen molar-refractivity contribution in [3.8, 4) is 11.3 Å². The quantitative estimate of drug-likeness (QED) is 0.476. The lowest BCUT2D eigenvalue weighted by Gasteiger charge is -2.46. The zero-order chi connectivity index (χ0) is 25.2. The van der Waals surface area contributed by atoms with E-state index in [1.807, 2.05) is 80.7 Å². The van der Waals surface area contributed by atoms with Crippen LogP contribution in [-0.2, 0) is 19.1 Å². The standard InChI is InChI=1S/C27H29N3O4S/c1-16-11-13-18(14-12-16)20-15-35-26(28-20)30-27(3)23(25(32)34-5)22(19-9-7-6-8-10-19)21(17(2)29-27)24(31)33-4/h6-15,22-23,29H,1-5H3,(H,28,30). The van der Waals surface area contributed by atoms with E-state index in [-0.39, 0.29) is 0 Å². The molecule has 0 aliphatic carbocycles. The number of benzene rings is 2. The van der Waals surface area contributed by atoms with Crippen LogP contribution in [0, 0.1) is 12.8 Å².